The van der Waals surface area contributed by atoms with Crippen molar-refractivity contribution in [1.29, 1.82) is 0 Å². The molecule has 0 atom stereocenters. The molecule has 6 nitrogen and oxygen atoms in total. The van der Waals surface area contributed by atoms with Crippen LogP contribution in [0.3, 0.4) is 0 Å². The maximum atomic E-state index is 12.7. The normalized spacial score (nSPS) is 19.4. The van der Waals surface area contributed by atoms with Crippen molar-refractivity contribution in [1.82, 2.24) is 9.62 Å². The average molecular weight is 328 g/mol. The molecule has 8 heteroatoms. The van der Waals surface area contributed by atoms with Crippen molar-refractivity contribution in [3.8, 4) is 0 Å². The molecule has 2 aliphatic heterocycles. The van der Waals surface area contributed by atoms with Gasteiger partial charge in [-0.25, -0.2) is 13.2 Å². The van der Waals surface area contributed by atoms with Gasteiger partial charge < -0.3 is 10.4 Å². The molecule has 2 aliphatic rings. The summed E-state index contributed by atoms with van der Waals surface area (Å²) < 4.78 is 26.8. The lowest BCUT2D eigenvalue weighted by Gasteiger charge is -2.22. The number of fused-ring (bicyclic) bond motifs is 1. The van der Waals surface area contributed by atoms with Gasteiger partial charge in [0, 0.05) is 24.5 Å². The summed E-state index contributed by atoms with van der Waals surface area (Å²) in [6.07, 6.45) is 4.96. The first kappa shape index (κ1) is 14.7. The van der Waals surface area contributed by atoms with Crippen molar-refractivity contribution in [2.24, 2.45) is 0 Å². The molecule has 3 heterocycles. The Morgan fingerprint density at radius 1 is 1.38 bits per heavy atom. The van der Waals surface area contributed by atoms with Gasteiger partial charge in [-0.2, -0.15) is 4.31 Å². The van der Waals surface area contributed by atoms with Crippen LogP contribution in [0.4, 0.5) is 0 Å². The Morgan fingerprint density at radius 2 is 2.19 bits per heavy atom. The molecule has 1 aromatic heterocycles. The molecule has 1 aromatic rings. The fraction of sp³-hybridized carbons (Fsp3) is 0.462. The van der Waals surface area contributed by atoms with E-state index < -0.39 is 16.0 Å². The van der Waals surface area contributed by atoms with E-state index in [0.717, 1.165) is 16.2 Å². The third-order valence-corrected chi connectivity index (χ3v) is 7.30. The molecule has 0 aliphatic carbocycles. The maximum Gasteiger partial charge on any atom is 0.338 e. The highest BCUT2D eigenvalue weighted by Crippen LogP contribution is 2.36. The van der Waals surface area contributed by atoms with E-state index >= 15 is 0 Å². The highest BCUT2D eigenvalue weighted by molar-refractivity contribution is 7.91. The molecule has 0 unspecified atom stereocenters. The third-order valence-electron chi connectivity index (χ3n) is 3.70. The molecule has 0 amide bonds. The molecule has 0 bridgehead atoms. The summed E-state index contributed by atoms with van der Waals surface area (Å²) in [6, 6.07) is 0. The van der Waals surface area contributed by atoms with Crippen LogP contribution in [0.25, 0.3) is 0 Å². The number of carbonyl (C=O) groups is 1. The minimum atomic E-state index is -3.74. The molecule has 21 heavy (non-hydrogen) atoms. The molecule has 114 valence electrons. The van der Waals surface area contributed by atoms with Gasteiger partial charge in [-0.1, -0.05) is 12.2 Å². The van der Waals surface area contributed by atoms with Crippen LogP contribution in [0.15, 0.2) is 16.4 Å². The van der Waals surface area contributed by atoms with Crippen molar-refractivity contribution < 1.29 is 18.3 Å². The first-order valence-electron chi connectivity index (χ1n) is 6.75. The minimum Gasteiger partial charge on any atom is -0.478 e. The van der Waals surface area contributed by atoms with Gasteiger partial charge >= 0.3 is 5.97 Å². The molecule has 2 N–H and O–H groups in total. The maximum absolute atomic E-state index is 12.7. The van der Waals surface area contributed by atoms with Crippen molar-refractivity contribution in [2.75, 3.05) is 19.6 Å². The van der Waals surface area contributed by atoms with E-state index in [1.165, 1.54) is 4.31 Å². The number of aromatic carboxylic acids is 1. The number of sulfonamides is 1. The van der Waals surface area contributed by atoms with Gasteiger partial charge in [0.15, 0.2) is 0 Å². The lowest BCUT2D eigenvalue weighted by atomic mass is 10.1. The van der Waals surface area contributed by atoms with Crippen LogP contribution in [0.2, 0.25) is 0 Å². The van der Waals surface area contributed by atoms with Gasteiger partial charge in [-0.05, 0) is 24.9 Å². The summed E-state index contributed by atoms with van der Waals surface area (Å²) in [5.74, 6) is -1.15. The lowest BCUT2D eigenvalue weighted by Crippen LogP contribution is -2.34. The third kappa shape index (κ3) is 2.52. The molecule has 0 saturated carbocycles. The van der Waals surface area contributed by atoms with Gasteiger partial charge in [0.1, 0.15) is 4.21 Å². The van der Waals surface area contributed by atoms with E-state index in [0.29, 0.717) is 44.6 Å². The van der Waals surface area contributed by atoms with E-state index in [1.54, 1.807) is 6.08 Å². The number of rotatable bonds is 3. The van der Waals surface area contributed by atoms with Crippen LogP contribution >= 0.6 is 11.3 Å². The van der Waals surface area contributed by atoms with E-state index in [9.17, 15) is 18.3 Å². The zero-order valence-corrected chi connectivity index (χ0v) is 13.0. The Balaban J connectivity index is 2.11. The largest absolute Gasteiger partial charge is 0.478 e. The predicted octanol–water partition coefficient (Wildman–Crippen LogP) is 1.04. The second-order valence-corrected chi connectivity index (χ2v) is 8.26. The molecule has 0 radical (unpaired) electrons. The summed E-state index contributed by atoms with van der Waals surface area (Å²) in [5, 5.41) is 12.6. The number of carboxylic acids is 1. The summed E-state index contributed by atoms with van der Waals surface area (Å²) >= 11 is 1.09. The Hall–Kier alpha value is -1.22. The fourth-order valence-corrected chi connectivity index (χ4v) is 6.07. The van der Waals surface area contributed by atoms with E-state index in [-0.39, 0.29) is 9.77 Å². The molecule has 0 spiro atoms. The number of nitrogens with zero attached hydrogens (tertiary/aromatic N) is 1. The highest BCUT2D eigenvalue weighted by Gasteiger charge is 2.35. The average Bonchev–Trinajstić information content (AvgIpc) is 2.88. The fourth-order valence-electron chi connectivity index (χ4n) is 2.66. The molecular formula is C13H16N2O4S2. The Bertz CT molecular complexity index is 706. The second-order valence-electron chi connectivity index (χ2n) is 5.02. The van der Waals surface area contributed by atoms with Crippen molar-refractivity contribution >= 4 is 27.3 Å². The van der Waals surface area contributed by atoms with E-state index in [2.05, 4.69) is 5.32 Å². The lowest BCUT2D eigenvalue weighted by molar-refractivity contribution is 0.0692. The number of thiophene rings is 1. The molecule has 0 fully saturated rings. The number of nitrogens with one attached hydrogen (secondary N) is 1. The first-order chi connectivity index (χ1) is 10.0. The monoisotopic (exact) mass is 328 g/mol. The standard InChI is InChI=1S/C13H16N2O4S2/c16-12(17)11-9-4-5-14-8-10(9)20-13(11)21(18,19)15-6-2-1-3-7-15/h1-2,14H,3-8H2,(H,16,17). The van der Waals surface area contributed by atoms with Crippen molar-refractivity contribution in [3.05, 3.63) is 28.2 Å². The topological polar surface area (TPSA) is 86.7 Å². The SMILES string of the molecule is O=C(O)c1c(S(=O)(=O)N2CC=CCC2)sc2c1CCNC2. The predicted molar refractivity (Wildman–Crippen MR) is 79.2 cm³/mol. The van der Waals surface area contributed by atoms with Crippen LogP contribution in [0.5, 0.6) is 0 Å². The summed E-state index contributed by atoms with van der Waals surface area (Å²) in [5.41, 5.74) is 0.656. The van der Waals surface area contributed by atoms with Gasteiger partial charge in [0.2, 0.25) is 0 Å². The number of hydrogen-bond donors (Lipinski definition) is 2. The van der Waals surface area contributed by atoms with Crippen LogP contribution in [-0.4, -0.2) is 43.4 Å². The molecule has 0 aromatic carbocycles. The van der Waals surface area contributed by atoms with Gasteiger partial charge in [-0.15, -0.1) is 11.3 Å². The van der Waals surface area contributed by atoms with Crippen LogP contribution < -0.4 is 5.32 Å². The molecule has 0 saturated heterocycles. The Morgan fingerprint density at radius 3 is 2.86 bits per heavy atom. The second kappa shape index (κ2) is 5.53. The van der Waals surface area contributed by atoms with Crippen molar-refractivity contribution in [3.63, 3.8) is 0 Å². The smallest absolute Gasteiger partial charge is 0.338 e. The zero-order valence-electron chi connectivity index (χ0n) is 11.3. The molecular weight excluding hydrogens is 312 g/mol. The van der Waals surface area contributed by atoms with E-state index in [1.807, 2.05) is 6.08 Å². The summed E-state index contributed by atoms with van der Waals surface area (Å²) in [4.78, 5) is 12.4. The van der Waals surface area contributed by atoms with Crippen LogP contribution in [0, 0.1) is 0 Å². The van der Waals surface area contributed by atoms with Crippen molar-refractivity contribution in [2.45, 2.75) is 23.6 Å². The number of hydrogen-bond acceptors (Lipinski definition) is 5. The zero-order chi connectivity index (χ0) is 15.0. The van der Waals surface area contributed by atoms with Gasteiger partial charge in [0.25, 0.3) is 10.0 Å². The first-order valence-corrected chi connectivity index (χ1v) is 9.01. The summed E-state index contributed by atoms with van der Waals surface area (Å²) in [6.45, 7) is 1.92. The Kier molecular flexibility index (Phi) is 3.87. The van der Waals surface area contributed by atoms with Gasteiger partial charge in [-0.3, -0.25) is 0 Å². The Labute approximate surface area is 127 Å². The summed E-state index contributed by atoms with van der Waals surface area (Å²) in [7, 11) is -3.74. The van der Waals surface area contributed by atoms with Crippen LogP contribution in [0.1, 0.15) is 27.2 Å². The number of carboxylic acid groups (broad SMARTS) is 1. The quantitative estimate of drug-likeness (QED) is 0.810. The van der Waals surface area contributed by atoms with Gasteiger partial charge in [0.05, 0.1) is 5.56 Å². The van der Waals surface area contributed by atoms with E-state index in [4.69, 9.17) is 0 Å². The molecule has 3 rings (SSSR count). The highest BCUT2D eigenvalue weighted by atomic mass is 32.2. The van der Waals surface area contributed by atoms with Crippen LogP contribution in [-0.2, 0) is 23.0 Å². The minimum absolute atomic E-state index is 0.0148.